The van der Waals surface area contributed by atoms with Crippen molar-refractivity contribution in [2.24, 2.45) is 5.73 Å². The second-order valence-corrected chi connectivity index (χ2v) is 5.32. The number of rotatable bonds is 4. The molecular weight excluding hydrogens is 222 g/mol. The molecule has 0 aliphatic rings. The summed E-state index contributed by atoms with van der Waals surface area (Å²) in [6.07, 6.45) is 0.928. The van der Waals surface area contributed by atoms with Crippen LogP contribution in [-0.2, 0) is 5.41 Å². The Kier molecular flexibility index (Phi) is 4.22. The molecule has 0 heterocycles. The molecule has 1 atom stereocenters. The average molecular weight is 242 g/mol. The SMILES string of the molecule is COc1cc(C(C)(C)CC(C)N)ccc1Cl. The van der Waals surface area contributed by atoms with E-state index in [1.807, 2.05) is 25.1 Å². The molecule has 0 fully saturated rings. The van der Waals surface area contributed by atoms with Crippen LogP contribution in [-0.4, -0.2) is 13.2 Å². The summed E-state index contributed by atoms with van der Waals surface area (Å²) in [6, 6.07) is 6.08. The van der Waals surface area contributed by atoms with Crippen molar-refractivity contribution < 1.29 is 4.74 Å². The van der Waals surface area contributed by atoms with Crippen molar-refractivity contribution in [3.63, 3.8) is 0 Å². The summed E-state index contributed by atoms with van der Waals surface area (Å²) in [4.78, 5) is 0. The molecule has 1 rings (SSSR count). The minimum Gasteiger partial charge on any atom is -0.495 e. The average Bonchev–Trinajstić information content (AvgIpc) is 2.16. The highest BCUT2D eigenvalue weighted by Gasteiger charge is 2.23. The third-order valence-corrected chi connectivity index (χ3v) is 3.08. The van der Waals surface area contributed by atoms with Gasteiger partial charge in [0, 0.05) is 6.04 Å². The molecule has 1 aromatic carbocycles. The lowest BCUT2D eigenvalue weighted by molar-refractivity contribution is 0.406. The van der Waals surface area contributed by atoms with E-state index in [-0.39, 0.29) is 11.5 Å². The highest BCUT2D eigenvalue weighted by atomic mass is 35.5. The van der Waals surface area contributed by atoms with E-state index in [1.54, 1.807) is 7.11 Å². The van der Waals surface area contributed by atoms with Gasteiger partial charge in [0.2, 0.25) is 0 Å². The molecule has 3 heteroatoms. The number of methoxy groups -OCH3 is 1. The maximum Gasteiger partial charge on any atom is 0.137 e. The normalized spacial score (nSPS) is 13.6. The number of ether oxygens (including phenoxy) is 1. The Balaban J connectivity index is 3.03. The first kappa shape index (κ1) is 13.3. The van der Waals surface area contributed by atoms with Crippen LogP contribution in [0.2, 0.25) is 5.02 Å². The van der Waals surface area contributed by atoms with Crippen molar-refractivity contribution in [3.8, 4) is 5.75 Å². The Bertz CT molecular complexity index is 361. The molecule has 0 aliphatic heterocycles. The highest BCUT2D eigenvalue weighted by molar-refractivity contribution is 6.32. The van der Waals surface area contributed by atoms with E-state index >= 15 is 0 Å². The smallest absolute Gasteiger partial charge is 0.137 e. The van der Waals surface area contributed by atoms with E-state index < -0.39 is 0 Å². The third-order valence-electron chi connectivity index (χ3n) is 2.76. The summed E-state index contributed by atoms with van der Waals surface area (Å²) in [5.74, 6) is 0.719. The molecule has 2 N–H and O–H groups in total. The molecule has 2 nitrogen and oxygen atoms in total. The largest absolute Gasteiger partial charge is 0.495 e. The Morgan fingerprint density at radius 2 is 2.06 bits per heavy atom. The fraction of sp³-hybridized carbons (Fsp3) is 0.538. The lowest BCUT2D eigenvalue weighted by Gasteiger charge is -2.27. The van der Waals surface area contributed by atoms with E-state index in [2.05, 4.69) is 13.8 Å². The molecule has 0 aromatic heterocycles. The van der Waals surface area contributed by atoms with Crippen LogP contribution in [0.4, 0.5) is 0 Å². The van der Waals surface area contributed by atoms with Gasteiger partial charge in [-0.05, 0) is 36.5 Å². The minimum atomic E-state index is 0.0338. The Morgan fingerprint density at radius 3 is 2.56 bits per heavy atom. The molecule has 0 saturated heterocycles. The van der Waals surface area contributed by atoms with Crippen LogP contribution in [0.3, 0.4) is 0 Å². The zero-order valence-electron chi connectivity index (χ0n) is 10.4. The lowest BCUT2D eigenvalue weighted by Crippen LogP contribution is -2.28. The number of hydrogen-bond donors (Lipinski definition) is 1. The molecule has 0 aliphatic carbocycles. The molecule has 0 spiro atoms. The molecule has 0 amide bonds. The number of hydrogen-bond acceptors (Lipinski definition) is 2. The fourth-order valence-electron chi connectivity index (χ4n) is 2.00. The first-order valence-electron chi connectivity index (χ1n) is 5.46. The zero-order chi connectivity index (χ0) is 12.3. The van der Waals surface area contributed by atoms with E-state index in [9.17, 15) is 0 Å². The third kappa shape index (κ3) is 3.13. The number of halogens is 1. The van der Waals surface area contributed by atoms with Crippen LogP contribution in [0.15, 0.2) is 18.2 Å². The molecule has 0 radical (unpaired) electrons. The van der Waals surface area contributed by atoms with E-state index in [4.69, 9.17) is 22.1 Å². The standard InChI is InChI=1S/C13H20ClNO/c1-9(15)8-13(2,3)10-5-6-11(14)12(7-10)16-4/h5-7,9H,8,15H2,1-4H3. The zero-order valence-corrected chi connectivity index (χ0v) is 11.1. The molecule has 16 heavy (non-hydrogen) atoms. The second kappa shape index (κ2) is 5.07. The van der Waals surface area contributed by atoms with Gasteiger partial charge in [-0.3, -0.25) is 0 Å². The van der Waals surface area contributed by atoms with Gasteiger partial charge in [-0.2, -0.15) is 0 Å². The Hall–Kier alpha value is -0.730. The maximum atomic E-state index is 6.00. The summed E-state index contributed by atoms with van der Waals surface area (Å²) in [6.45, 7) is 6.38. The van der Waals surface area contributed by atoms with Gasteiger partial charge in [0.1, 0.15) is 5.75 Å². The lowest BCUT2D eigenvalue weighted by atomic mass is 9.79. The van der Waals surface area contributed by atoms with Crippen LogP contribution in [0.1, 0.15) is 32.8 Å². The van der Waals surface area contributed by atoms with Gasteiger partial charge in [0.15, 0.2) is 0 Å². The van der Waals surface area contributed by atoms with Gasteiger partial charge in [0.05, 0.1) is 12.1 Å². The van der Waals surface area contributed by atoms with E-state index in [0.29, 0.717) is 5.02 Å². The van der Waals surface area contributed by atoms with Crippen LogP contribution in [0, 0.1) is 0 Å². The first-order chi connectivity index (χ1) is 7.36. The molecule has 1 unspecified atom stereocenters. The summed E-state index contributed by atoms with van der Waals surface area (Å²) >= 11 is 6.00. The van der Waals surface area contributed by atoms with Crippen molar-refractivity contribution in [2.75, 3.05) is 7.11 Å². The molecule has 1 aromatic rings. The summed E-state index contributed by atoms with van der Waals surface area (Å²) < 4.78 is 5.22. The number of nitrogens with two attached hydrogens (primary N) is 1. The van der Waals surface area contributed by atoms with Gasteiger partial charge in [-0.1, -0.05) is 31.5 Å². The maximum absolute atomic E-state index is 6.00. The Labute approximate surface area is 103 Å². The van der Waals surface area contributed by atoms with Crippen LogP contribution >= 0.6 is 11.6 Å². The van der Waals surface area contributed by atoms with E-state index in [0.717, 1.165) is 12.2 Å². The molecule has 90 valence electrons. The van der Waals surface area contributed by atoms with E-state index in [1.165, 1.54) is 5.56 Å². The van der Waals surface area contributed by atoms with Crippen LogP contribution < -0.4 is 10.5 Å². The molecular formula is C13H20ClNO. The Morgan fingerprint density at radius 1 is 1.44 bits per heavy atom. The minimum absolute atomic E-state index is 0.0338. The predicted octanol–water partition coefficient (Wildman–Crippen LogP) is 3.36. The predicted molar refractivity (Wildman–Crippen MR) is 69.3 cm³/mol. The summed E-state index contributed by atoms with van der Waals surface area (Å²) in [7, 11) is 1.63. The van der Waals surface area contributed by atoms with Gasteiger partial charge >= 0.3 is 0 Å². The summed E-state index contributed by atoms with van der Waals surface area (Å²) in [5.41, 5.74) is 7.09. The first-order valence-corrected chi connectivity index (χ1v) is 5.84. The van der Waals surface area contributed by atoms with Crippen molar-refractivity contribution >= 4 is 11.6 Å². The van der Waals surface area contributed by atoms with Crippen LogP contribution in [0.25, 0.3) is 0 Å². The topological polar surface area (TPSA) is 35.2 Å². The number of benzene rings is 1. The second-order valence-electron chi connectivity index (χ2n) is 4.91. The van der Waals surface area contributed by atoms with Crippen molar-refractivity contribution in [1.29, 1.82) is 0 Å². The quantitative estimate of drug-likeness (QED) is 0.877. The fourth-order valence-corrected chi connectivity index (χ4v) is 2.20. The van der Waals surface area contributed by atoms with Gasteiger partial charge in [-0.25, -0.2) is 0 Å². The van der Waals surface area contributed by atoms with Crippen molar-refractivity contribution in [3.05, 3.63) is 28.8 Å². The monoisotopic (exact) mass is 241 g/mol. The summed E-state index contributed by atoms with van der Waals surface area (Å²) in [5, 5.41) is 0.642. The highest BCUT2D eigenvalue weighted by Crippen LogP contribution is 2.33. The molecule has 0 saturated carbocycles. The molecule has 0 bridgehead atoms. The van der Waals surface area contributed by atoms with Crippen molar-refractivity contribution in [1.82, 2.24) is 0 Å². The van der Waals surface area contributed by atoms with Gasteiger partial charge in [0.25, 0.3) is 0 Å². The van der Waals surface area contributed by atoms with Crippen LogP contribution in [0.5, 0.6) is 5.75 Å². The van der Waals surface area contributed by atoms with Gasteiger partial charge in [-0.15, -0.1) is 0 Å². The van der Waals surface area contributed by atoms with Crippen molar-refractivity contribution in [2.45, 2.75) is 38.6 Å². The van der Waals surface area contributed by atoms with Gasteiger partial charge < -0.3 is 10.5 Å².